The number of nitrogens with zero attached hydrogens (tertiary/aromatic N) is 3. The topological polar surface area (TPSA) is 42.2 Å². The van der Waals surface area contributed by atoms with Gasteiger partial charge in [0.15, 0.2) is 0 Å². The molecular weight excluding hydrogens is 378 g/mol. The molecule has 0 unspecified atom stereocenters. The molecule has 3 aromatic rings. The van der Waals surface area contributed by atoms with Crippen LogP contribution in [0.2, 0.25) is 5.02 Å². The third-order valence-electron chi connectivity index (χ3n) is 3.37. The molecule has 118 valence electrons. The molecule has 0 fully saturated rings. The zero-order chi connectivity index (χ0) is 16.2. The summed E-state index contributed by atoms with van der Waals surface area (Å²) in [6, 6.07) is 15.6. The van der Waals surface area contributed by atoms with Gasteiger partial charge in [-0.25, -0.2) is 0 Å². The molecule has 0 saturated carbocycles. The molecule has 3 rings (SSSR count). The third-order valence-corrected chi connectivity index (χ3v) is 4.48. The fourth-order valence-corrected chi connectivity index (χ4v) is 2.89. The smallest absolute Gasteiger partial charge is 0.249 e. The zero-order valence-corrected chi connectivity index (χ0v) is 14.9. The van der Waals surface area contributed by atoms with Crippen LogP contribution in [0.25, 0.3) is 11.5 Å². The van der Waals surface area contributed by atoms with Crippen LogP contribution in [0.5, 0.6) is 0 Å². The molecule has 0 aliphatic carbocycles. The van der Waals surface area contributed by atoms with Crippen molar-refractivity contribution in [3.63, 3.8) is 0 Å². The van der Waals surface area contributed by atoms with Crippen LogP contribution >= 0.6 is 27.5 Å². The predicted octanol–water partition coefficient (Wildman–Crippen LogP) is 4.78. The molecule has 0 N–H and O–H groups in total. The van der Waals surface area contributed by atoms with E-state index in [9.17, 15) is 0 Å². The van der Waals surface area contributed by atoms with E-state index in [4.69, 9.17) is 16.0 Å². The highest BCUT2D eigenvalue weighted by Gasteiger charge is 2.13. The summed E-state index contributed by atoms with van der Waals surface area (Å²) < 4.78 is 6.82. The van der Waals surface area contributed by atoms with Gasteiger partial charge in [-0.15, -0.1) is 10.2 Å². The van der Waals surface area contributed by atoms with Crippen molar-refractivity contribution < 1.29 is 4.42 Å². The van der Waals surface area contributed by atoms with Gasteiger partial charge < -0.3 is 4.42 Å². The molecule has 0 aliphatic heterocycles. The summed E-state index contributed by atoms with van der Waals surface area (Å²) in [5, 5.41) is 8.80. The van der Waals surface area contributed by atoms with Crippen LogP contribution in [0, 0.1) is 0 Å². The van der Waals surface area contributed by atoms with Crippen LogP contribution < -0.4 is 0 Å². The minimum absolute atomic E-state index is 0.444. The van der Waals surface area contributed by atoms with Crippen molar-refractivity contribution in [2.45, 2.75) is 13.1 Å². The Balaban J connectivity index is 1.70. The fraction of sp³-hybridized carbons (Fsp3) is 0.176. The van der Waals surface area contributed by atoms with Crippen LogP contribution in [0.15, 0.2) is 57.4 Å². The van der Waals surface area contributed by atoms with Gasteiger partial charge in [-0.2, -0.15) is 0 Å². The van der Waals surface area contributed by atoms with Crippen LogP contribution in [0.4, 0.5) is 0 Å². The summed E-state index contributed by atoms with van der Waals surface area (Å²) in [5.74, 6) is 1.01. The van der Waals surface area contributed by atoms with Gasteiger partial charge in [-0.1, -0.05) is 57.9 Å². The van der Waals surface area contributed by atoms with Crippen LogP contribution in [-0.2, 0) is 13.1 Å². The van der Waals surface area contributed by atoms with Gasteiger partial charge in [-0.3, -0.25) is 4.90 Å². The Bertz CT molecular complexity index is 806. The number of rotatable bonds is 5. The first-order valence-corrected chi connectivity index (χ1v) is 8.30. The SMILES string of the molecule is CN(Cc1nnc(-c2ccccc2Cl)o1)Cc1ccccc1Br. The van der Waals surface area contributed by atoms with Crippen molar-refractivity contribution in [3.05, 3.63) is 69.5 Å². The lowest BCUT2D eigenvalue weighted by molar-refractivity contribution is 0.282. The van der Waals surface area contributed by atoms with Gasteiger partial charge in [0, 0.05) is 11.0 Å². The number of benzene rings is 2. The molecule has 0 amide bonds. The van der Waals surface area contributed by atoms with E-state index < -0.39 is 0 Å². The normalized spacial score (nSPS) is 11.1. The zero-order valence-electron chi connectivity index (χ0n) is 12.5. The van der Waals surface area contributed by atoms with E-state index in [0.29, 0.717) is 23.3 Å². The highest BCUT2D eigenvalue weighted by atomic mass is 79.9. The van der Waals surface area contributed by atoms with Gasteiger partial charge in [0.25, 0.3) is 0 Å². The summed E-state index contributed by atoms with van der Waals surface area (Å²) in [4.78, 5) is 2.12. The van der Waals surface area contributed by atoms with Crippen LogP contribution in [0.3, 0.4) is 0 Å². The van der Waals surface area contributed by atoms with Gasteiger partial charge in [0.05, 0.1) is 17.1 Å². The molecule has 0 bridgehead atoms. The number of hydrogen-bond acceptors (Lipinski definition) is 4. The quantitative estimate of drug-likeness (QED) is 0.626. The summed E-state index contributed by atoms with van der Waals surface area (Å²) in [6.45, 7) is 1.35. The highest BCUT2D eigenvalue weighted by Crippen LogP contribution is 2.26. The van der Waals surface area contributed by atoms with E-state index in [0.717, 1.165) is 16.6 Å². The average Bonchev–Trinajstić information content (AvgIpc) is 2.98. The van der Waals surface area contributed by atoms with Crippen LogP contribution in [0.1, 0.15) is 11.5 Å². The minimum Gasteiger partial charge on any atom is -0.419 e. The van der Waals surface area contributed by atoms with Gasteiger partial charge in [0.2, 0.25) is 11.8 Å². The number of hydrogen-bond donors (Lipinski definition) is 0. The molecule has 0 aliphatic rings. The van der Waals surface area contributed by atoms with E-state index >= 15 is 0 Å². The monoisotopic (exact) mass is 391 g/mol. The average molecular weight is 393 g/mol. The van der Waals surface area contributed by atoms with Crippen molar-refractivity contribution in [1.29, 1.82) is 0 Å². The molecule has 0 atom stereocenters. The van der Waals surface area contributed by atoms with Crippen LogP contribution in [-0.4, -0.2) is 22.1 Å². The standard InChI is InChI=1S/C17H15BrClN3O/c1-22(10-12-6-2-4-8-14(12)18)11-16-20-21-17(23-16)13-7-3-5-9-15(13)19/h2-9H,10-11H2,1H3. The molecule has 0 saturated heterocycles. The minimum atomic E-state index is 0.444. The summed E-state index contributed by atoms with van der Waals surface area (Å²) >= 11 is 9.72. The second-order valence-corrected chi connectivity index (χ2v) is 6.51. The first-order chi connectivity index (χ1) is 11.1. The van der Waals surface area contributed by atoms with Crippen molar-refractivity contribution in [1.82, 2.24) is 15.1 Å². The maximum atomic E-state index is 6.16. The molecule has 0 radical (unpaired) electrons. The third kappa shape index (κ3) is 3.99. The molecule has 0 spiro atoms. The second-order valence-electron chi connectivity index (χ2n) is 5.24. The first kappa shape index (κ1) is 16.2. The highest BCUT2D eigenvalue weighted by molar-refractivity contribution is 9.10. The van der Waals surface area contributed by atoms with Crippen molar-refractivity contribution in [2.24, 2.45) is 0 Å². The van der Waals surface area contributed by atoms with E-state index in [1.54, 1.807) is 6.07 Å². The lowest BCUT2D eigenvalue weighted by Gasteiger charge is -2.15. The van der Waals surface area contributed by atoms with Crippen molar-refractivity contribution in [3.8, 4) is 11.5 Å². The lowest BCUT2D eigenvalue weighted by atomic mass is 10.2. The fourth-order valence-electron chi connectivity index (χ4n) is 2.27. The first-order valence-electron chi connectivity index (χ1n) is 7.12. The maximum absolute atomic E-state index is 6.16. The van der Waals surface area contributed by atoms with Gasteiger partial charge in [0.1, 0.15) is 0 Å². The van der Waals surface area contributed by atoms with Gasteiger partial charge in [-0.05, 0) is 30.8 Å². The molecule has 6 heteroatoms. The molecule has 1 heterocycles. The number of halogens is 2. The predicted molar refractivity (Wildman–Crippen MR) is 94.1 cm³/mol. The van der Waals surface area contributed by atoms with Gasteiger partial charge >= 0.3 is 0 Å². The molecule has 23 heavy (non-hydrogen) atoms. The Hall–Kier alpha value is -1.69. The van der Waals surface area contributed by atoms with E-state index in [1.165, 1.54) is 5.56 Å². The van der Waals surface area contributed by atoms with E-state index in [2.05, 4.69) is 37.1 Å². The number of aromatic nitrogens is 2. The largest absolute Gasteiger partial charge is 0.419 e. The molecule has 4 nitrogen and oxygen atoms in total. The van der Waals surface area contributed by atoms with Crippen molar-refractivity contribution in [2.75, 3.05) is 7.05 Å². The second kappa shape index (κ2) is 7.25. The Morgan fingerprint density at radius 3 is 2.57 bits per heavy atom. The molecule has 1 aromatic heterocycles. The summed E-state index contributed by atoms with van der Waals surface area (Å²) in [7, 11) is 2.01. The maximum Gasteiger partial charge on any atom is 0.249 e. The molecule has 2 aromatic carbocycles. The lowest BCUT2D eigenvalue weighted by Crippen LogP contribution is -2.17. The van der Waals surface area contributed by atoms with E-state index in [1.807, 2.05) is 43.4 Å². The Kier molecular flexibility index (Phi) is 5.10. The van der Waals surface area contributed by atoms with Crippen molar-refractivity contribution >= 4 is 27.5 Å². The Morgan fingerprint density at radius 1 is 1.04 bits per heavy atom. The summed E-state index contributed by atoms with van der Waals surface area (Å²) in [5.41, 5.74) is 1.96. The summed E-state index contributed by atoms with van der Waals surface area (Å²) in [6.07, 6.45) is 0. The Labute approximate surface area is 148 Å². The van der Waals surface area contributed by atoms with E-state index in [-0.39, 0.29) is 0 Å². The molecular formula is C17H15BrClN3O. The Morgan fingerprint density at radius 2 is 1.78 bits per heavy atom.